The summed E-state index contributed by atoms with van der Waals surface area (Å²) in [4.78, 5) is 35.0. The molecule has 2 aromatic rings. The molecule has 0 bridgehead atoms. The molecular formula is C29H32O8. The van der Waals surface area contributed by atoms with E-state index in [1.807, 2.05) is 25.1 Å². The van der Waals surface area contributed by atoms with Gasteiger partial charge in [0.2, 0.25) is 0 Å². The maximum atomic E-state index is 11.9. The zero-order chi connectivity index (χ0) is 27.5. The van der Waals surface area contributed by atoms with Crippen LogP contribution in [0.1, 0.15) is 26.3 Å². The number of carbonyl (C=O) groups excluding carboxylic acids is 3. The van der Waals surface area contributed by atoms with E-state index in [-0.39, 0.29) is 26.4 Å². The average Bonchev–Trinajstić information content (AvgIpc) is 2.85. The molecule has 2 aromatic carbocycles. The van der Waals surface area contributed by atoms with Crippen LogP contribution in [0.25, 0.3) is 11.1 Å². The lowest BCUT2D eigenvalue weighted by Crippen LogP contribution is -2.14. The lowest BCUT2D eigenvalue weighted by molar-refractivity contribution is -0.140. The fourth-order valence-corrected chi connectivity index (χ4v) is 2.87. The van der Waals surface area contributed by atoms with Gasteiger partial charge in [-0.3, -0.25) is 0 Å². The summed E-state index contributed by atoms with van der Waals surface area (Å²) >= 11 is 0. The quantitative estimate of drug-likeness (QED) is 0.159. The van der Waals surface area contributed by atoms with Crippen molar-refractivity contribution in [3.63, 3.8) is 0 Å². The van der Waals surface area contributed by atoms with Crippen molar-refractivity contribution < 1.29 is 38.1 Å². The van der Waals surface area contributed by atoms with Crippen molar-refractivity contribution in [1.29, 1.82) is 0 Å². The summed E-state index contributed by atoms with van der Waals surface area (Å²) in [6.07, 6.45) is 0. The predicted octanol–water partition coefficient (Wildman–Crippen LogP) is 5.14. The molecule has 0 heterocycles. The van der Waals surface area contributed by atoms with Gasteiger partial charge in [0.25, 0.3) is 0 Å². The van der Waals surface area contributed by atoms with Crippen molar-refractivity contribution in [1.82, 2.24) is 0 Å². The largest absolute Gasteiger partial charge is 0.486 e. The van der Waals surface area contributed by atoms with Crippen molar-refractivity contribution >= 4 is 17.9 Å². The van der Waals surface area contributed by atoms with Gasteiger partial charge in [-0.25, -0.2) is 14.4 Å². The molecule has 0 aliphatic heterocycles. The lowest BCUT2D eigenvalue weighted by atomic mass is 10.0. The van der Waals surface area contributed by atoms with Gasteiger partial charge in [-0.15, -0.1) is 0 Å². The number of benzene rings is 2. The molecule has 0 fully saturated rings. The zero-order valence-corrected chi connectivity index (χ0v) is 21.7. The minimum atomic E-state index is -0.504. The Morgan fingerprint density at radius 2 is 1.08 bits per heavy atom. The second-order valence-electron chi connectivity index (χ2n) is 8.34. The first-order valence-electron chi connectivity index (χ1n) is 11.5. The summed E-state index contributed by atoms with van der Waals surface area (Å²) in [5.41, 5.74) is 3.34. The van der Waals surface area contributed by atoms with Crippen LogP contribution >= 0.6 is 0 Å². The van der Waals surface area contributed by atoms with Crippen LogP contribution in [-0.2, 0) is 23.9 Å². The number of carbonyl (C=O) groups is 3. The van der Waals surface area contributed by atoms with Gasteiger partial charge in [-0.2, -0.15) is 0 Å². The first kappa shape index (κ1) is 28.9. The normalized spacial score (nSPS) is 10.2. The van der Waals surface area contributed by atoms with Gasteiger partial charge >= 0.3 is 17.9 Å². The fourth-order valence-electron chi connectivity index (χ4n) is 2.87. The van der Waals surface area contributed by atoms with Crippen molar-refractivity contribution in [3.8, 4) is 28.4 Å². The van der Waals surface area contributed by atoms with Gasteiger partial charge < -0.3 is 23.7 Å². The van der Waals surface area contributed by atoms with E-state index in [1.165, 1.54) is 0 Å². The van der Waals surface area contributed by atoms with Gasteiger partial charge in [0.15, 0.2) is 11.5 Å². The summed E-state index contributed by atoms with van der Waals surface area (Å²) in [6.45, 7) is 17.5. The highest BCUT2D eigenvalue weighted by atomic mass is 16.6. The monoisotopic (exact) mass is 508 g/mol. The minimum absolute atomic E-state index is 0.0213. The second-order valence-corrected chi connectivity index (χ2v) is 8.34. The first-order valence-corrected chi connectivity index (χ1v) is 11.5. The van der Waals surface area contributed by atoms with E-state index in [4.69, 9.17) is 23.7 Å². The number of ether oxygens (including phenoxy) is 5. The molecular weight excluding hydrogens is 476 g/mol. The van der Waals surface area contributed by atoms with E-state index in [0.717, 1.165) is 16.7 Å². The molecule has 2 rings (SSSR count). The second kappa shape index (κ2) is 13.7. The lowest BCUT2D eigenvalue weighted by Gasteiger charge is -2.15. The molecule has 0 saturated carbocycles. The molecule has 0 spiro atoms. The standard InChI is InChI=1S/C29H32O8/c1-18(2)27(30)35-14-12-33-25-11-9-23(17-26(25)34-13-15-36-28(31)19(3)4)22-8-10-24(21(7)16-22)37-29(32)20(5)6/h8-11,16-17H,1,3,5,12-15H2,2,4,6-7H3. The number of hydrogen-bond donors (Lipinski definition) is 0. The third-order valence-electron chi connectivity index (χ3n) is 4.85. The first-order chi connectivity index (χ1) is 17.5. The molecule has 196 valence electrons. The van der Waals surface area contributed by atoms with Crippen LogP contribution < -0.4 is 14.2 Å². The maximum absolute atomic E-state index is 11.9. The molecule has 0 radical (unpaired) electrons. The van der Waals surface area contributed by atoms with Gasteiger partial charge in [0.1, 0.15) is 32.2 Å². The van der Waals surface area contributed by atoms with Crippen LogP contribution in [0.3, 0.4) is 0 Å². The van der Waals surface area contributed by atoms with E-state index < -0.39 is 17.9 Å². The highest BCUT2D eigenvalue weighted by Gasteiger charge is 2.13. The number of esters is 3. The molecule has 0 unspecified atom stereocenters. The molecule has 37 heavy (non-hydrogen) atoms. The summed E-state index contributed by atoms with van der Waals surface area (Å²) < 4.78 is 27.1. The van der Waals surface area contributed by atoms with Crippen LogP contribution in [0.15, 0.2) is 72.9 Å². The predicted molar refractivity (Wildman–Crippen MR) is 140 cm³/mol. The van der Waals surface area contributed by atoms with Crippen molar-refractivity contribution in [2.75, 3.05) is 26.4 Å². The van der Waals surface area contributed by atoms with Crippen molar-refractivity contribution in [2.45, 2.75) is 27.7 Å². The molecule has 8 nitrogen and oxygen atoms in total. The fraction of sp³-hybridized carbons (Fsp3) is 0.276. The third kappa shape index (κ3) is 9.00. The Bertz CT molecular complexity index is 1210. The van der Waals surface area contributed by atoms with Crippen LogP contribution in [0.5, 0.6) is 17.2 Å². The summed E-state index contributed by atoms with van der Waals surface area (Å²) in [7, 11) is 0. The van der Waals surface area contributed by atoms with Gasteiger partial charge in [-0.05, 0) is 68.7 Å². The molecule has 0 saturated heterocycles. The van der Waals surface area contributed by atoms with Crippen molar-refractivity contribution in [3.05, 3.63) is 78.4 Å². The Labute approximate surface area is 217 Å². The highest BCUT2D eigenvalue weighted by Crippen LogP contribution is 2.34. The number of rotatable bonds is 13. The molecule has 0 N–H and O–H groups in total. The Morgan fingerprint density at radius 1 is 0.622 bits per heavy atom. The summed E-state index contributed by atoms with van der Waals surface area (Å²) in [6, 6.07) is 10.8. The van der Waals surface area contributed by atoms with Crippen LogP contribution in [-0.4, -0.2) is 44.3 Å². The van der Waals surface area contributed by atoms with Crippen molar-refractivity contribution in [2.24, 2.45) is 0 Å². The maximum Gasteiger partial charge on any atom is 0.338 e. The minimum Gasteiger partial charge on any atom is -0.486 e. The Balaban J connectivity index is 2.20. The zero-order valence-electron chi connectivity index (χ0n) is 21.7. The average molecular weight is 509 g/mol. The van der Waals surface area contributed by atoms with Gasteiger partial charge in [0, 0.05) is 16.7 Å². The molecule has 8 heteroatoms. The number of hydrogen-bond acceptors (Lipinski definition) is 8. The summed E-state index contributed by atoms with van der Waals surface area (Å²) in [5.74, 6) is -0.222. The Kier molecular flexibility index (Phi) is 10.7. The Morgan fingerprint density at radius 3 is 1.57 bits per heavy atom. The third-order valence-corrected chi connectivity index (χ3v) is 4.85. The van der Waals surface area contributed by atoms with E-state index in [9.17, 15) is 14.4 Å². The molecule has 0 aliphatic carbocycles. The van der Waals surface area contributed by atoms with Crippen LogP contribution in [0.4, 0.5) is 0 Å². The highest BCUT2D eigenvalue weighted by molar-refractivity contribution is 5.89. The summed E-state index contributed by atoms with van der Waals surface area (Å²) in [5, 5.41) is 0. The van der Waals surface area contributed by atoms with Gasteiger partial charge in [-0.1, -0.05) is 31.9 Å². The van der Waals surface area contributed by atoms with E-state index >= 15 is 0 Å². The van der Waals surface area contributed by atoms with E-state index in [2.05, 4.69) is 19.7 Å². The van der Waals surface area contributed by atoms with Crippen LogP contribution in [0, 0.1) is 6.92 Å². The molecule has 0 aliphatic rings. The smallest absolute Gasteiger partial charge is 0.338 e. The SMILES string of the molecule is C=C(C)C(=O)OCCOc1ccc(-c2ccc(OC(=O)C(=C)C)c(C)c2)cc1OCCOC(=O)C(=C)C. The number of aryl methyl sites for hydroxylation is 1. The molecule has 0 atom stereocenters. The van der Waals surface area contributed by atoms with Crippen LogP contribution in [0.2, 0.25) is 0 Å². The van der Waals surface area contributed by atoms with E-state index in [1.54, 1.807) is 39.0 Å². The van der Waals surface area contributed by atoms with E-state index in [0.29, 0.717) is 34.0 Å². The topological polar surface area (TPSA) is 97.4 Å². The Hall–Kier alpha value is -4.33. The molecule has 0 amide bonds. The van der Waals surface area contributed by atoms with Gasteiger partial charge in [0.05, 0.1) is 0 Å². The molecule has 0 aromatic heterocycles.